The van der Waals surface area contributed by atoms with Gasteiger partial charge in [-0.15, -0.1) is 0 Å². The molecular formula is C14H25NO4. The fourth-order valence-electron chi connectivity index (χ4n) is 2.82. The summed E-state index contributed by atoms with van der Waals surface area (Å²) in [6.07, 6.45) is 3.92. The summed E-state index contributed by atoms with van der Waals surface area (Å²) in [5.74, 6) is -1.07. The molecule has 0 saturated heterocycles. The number of nitrogens with one attached hydrogen (secondary N) is 1. The van der Waals surface area contributed by atoms with Crippen molar-refractivity contribution in [1.29, 1.82) is 0 Å². The van der Waals surface area contributed by atoms with Crippen molar-refractivity contribution < 1.29 is 19.4 Å². The minimum atomic E-state index is -0.939. The van der Waals surface area contributed by atoms with Crippen LogP contribution in [0.4, 0.5) is 0 Å². The van der Waals surface area contributed by atoms with Gasteiger partial charge in [0.2, 0.25) is 5.91 Å². The maximum absolute atomic E-state index is 12.1. The Bertz CT molecular complexity index is 325. The molecule has 0 aromatic carbocycles. The highest BCUT2D eigenvalue weighted by molar-refractivity contribution is 5.85. The Kier molecular flexibility index (Phi) is 5.79. The molecule has 1 rings (SSSR count). The lowest BCUT2D eigenvalue weighted by molar-refractivity contribution is -0.152. The predicted molar refractivity (Wildman–Crippen MR) is 71.8 cm³/mol. The molecule has 0 radical (unpaired) electrons. The SMILES string of the molecule is CCC(CC)(CC(=O)NC1CCCC1OC)C(=O)O. The molecule has 1 aliphatic rings. The molecular weight excluding hydrogens is 246 g/mol. The zero-order valence-corrected chi connectivity index (χ0v) is 12.1. The Morgan fingerprint density at radius 1 is 1.32 bits per heavy atom. The number of carboxylic acids is 1. The Morgan fingerprint density at radius 3 is 2.42 bits per heavy atom. The van der Waals surface area contributed by atoms with Crippen LogP contribution in [0.3, 0.4) is 0 Å². The second-order valence-electron chi connectivity index (χ2n) is 5.35. The third kappa shape index (κ3) is 3.69. The summed E-state index contributed by atoms with van der Waals surface area (Å²) in [5, 5.41) is 12.3. The van der Waals surface area contributed by atoms with Gasteiger partial charge < -0.3 is 15.2 Å². The second kappa shape index (κ2) is 6.89. The molecule has 0 aliphatic heterocycles. The highest BCUT2D eigenvalue weighted by atomic mass is 16.5. The van der Waals surface area contributed by atoms with Crippen molar-refractivity contribution in [1.82, 2.24) is 5.32 Å². The first kappa shape index (κ1) is 16.0. The molecule has 110 valence electrons. The summed E-state index contributed by atoms with van der Waals surface area (Å²) in [5.41, 5.74) is -0.939. The molecule has 5 nitrogen and oxygen atoms in total. The van der Waals surface area contributed by atoms with Crippen molar-refractivity contribution in [3.8, 4) is 0 Å². The summed E-state index contributed by atoms with van der Waals surface area (Å²) in [6, 6.07) is 0.0257. The third-order valence-corrected chi connectivity index (χ3v) is 4.41. The van der Waals surface area contributed by atoms with Crippen molar-refractivity contribution in [3.05, 3.63) is 0 Å². The number of hydrogen-bond acceptors (Lipinski definition) is 3. The van der Waals surface area contributed by atoms with Crippen molar-refractivity contribution in [2.24, 2.45) is 5.41 Å². The van der Waals surface area contributed by atoms with Gasteiger partial charge in [0, 0.05) is 13.5 Å². The molecule has 1 saturated carbocycles. The fraction of sp³-hybridized carbons (Fsp3) is 0.857. The maximum atomic E-state index is 12.1. The Labute approximate surface area is 114 Å². The fourth-order valence-corrected chi connectivity index (χ4v) is 2.82. The highest BCUT2D eigenvalue weighted by Gasteiger charge is 2.38. The molecule has 2 N–H and O–H groups in total. The van der Waals surface area contributed by atoms with E-state index in [1.54, 1.807) is 7.11 Å². The van der Waals surface area contributed by atoms with Crippen molar-refractivity contribution in [2.75, 3.05) is 7.11 Å². The largest absolute Gasteiger partial charge is 0.481 e. The van der Waals surface area contributed by atoms with Crippen molar-refractivity contribution in [3.63, 3.8) is 0 Å². The summed E-state index contributed by atoms with van der Waals surface area (Å²) in [7, 11) is 1.65. The number of carbonyl (C=O) groups is 2. The molecule has 2 atom stereocenters. The second-order valence-corrected chi connectivity index (χ2v) is 5.35. The van der Waals surface area contributed by atoms with Crippen LogP contribution in [0.25, 0.3) is 0 Å². The lowest BCUT2D eigenvalue weighted by atomic mass is 9.79. The van der Waals surface area contributed by atoms with E-state index in [0.29, 0.717) is 12.8 Å². The minimum absolute atomic E-state index is 0.0257. The van der Waals surface area contributed by atoms with Gasteiger partial charge in [0.05, 0.1) is 17.6 Å². The van der Waals surface area contributed by atoms with Gasteiger partial charge in [-0.25, -0.2) is 0 Å². The number of methoxy groups -OCH3 is 1. The number of ether oxygens (including phenoxy) is 1. The van der Waals surface area contributed by atoms with E-state index in [1.807, 2.05) is 13.8 Å². The van der Waals surface area contributed by atoms with Gasteiger partial charge in [0.25, 0.3) is 0 Å². The van der Waals surface area contributed by atoms with Gasteiger partial charge in [-0.05, 0) is 32.1 Å². The van der Waals surface area contributed by atoms with Crippen LogP contribution in [0.2, 0.25) is 0 Å². The molecule has 1 amide bonds. The minimum Gasteiger partial charge on any atom is -0.481 e. The van der Waals surface area contributed by atoms with E-state index in [1.165, 1.54) is 0 Å². The van der Waals surface area contributed by atoms with Crippen LogP contribution >= 0.6 is 0 Å². The zero-order valence-electron chi connectivity index (χ0n) is 12.1. The lowest BCUT2D eigenvalue weighted by Crippen LogP contribution is -2.44. The first-order valence-corrected chi connectivity index (χ1v) is 7.04. The number of carbonyl (C=O) groups excluding carboxylic acids is 1. The van der Waals surface area contributed by atoms with Gasteiger partial charge in [-0.3, -0.25) is 9.59 Å². The van der Waals surface area contributed by atoms with Gasteiger partial charge >= 0.3 is 5.97 Å². The molecule has 0 heterocycles. The number of carboxylic acid groups (broad SMARTS) is 1. The molecule has 0 spiro atoms. The van der Waals surface area contributed by atoms with Crippen LogP contribution in [-0.4, -0.2) is 36.2 Å². The van der Waals surface area contributed by atoms with E-state index in [9.17, 15) is 14.7 Å². The van der Waals surface area contributed by atoms with Crippen molar-refractivity contribution in [2.45, 2.75) is 64.5 Å². The molecule has 1 fully saturated rings. The van der Waals surface area contributed by atoms with Gasteiger partial charge in [0.15, 0.2) is 0 Å². The van der Waals surface area contributed by atoms with E-state index in [2.05, 4.69) is 5.32 Å². The van der Waals surface area contributed by atoms with Crippen LogP contribution in [-0.2, 0) is 14.3 Å². The molecule has 1 aliphatic carbocycles. The standard InChI is InChI=1S/C14H25NO4/c1-4-14(5-2,13(17)18)9-12(16)15-10-7-6-8-11(10)19-3/h10-11H,4-9H2,1-3H3,(H,15,16)(H,17,18). The smallest absolute Gasteiger partial charge is 0.310 e. The van der Waals surface area contributed by atoms with Crippen LogP contribution in [0.5, 0.6) is 0 Å². The molecule has 19 heavy (non-hydrogen) atoms. The molecule has 5 heteroatoms. The monoisotopic (exact) mass is 271 g/mol. The van der Waals surface area contributed by atoms with Gasteiger partial charge in [-0.2, -0.15) is 0 Å². The third-order valence-electron chi connectivity index (χ3n) is 4.41. The normalized spacial score (nSPS) is 23.3. The molecule has 0 aromatic heterocycles. The Hall–Kier alpha value is -1.10. The summed E-state index contributed by atoms with van der Waals surface area (Å²) in [4.78, 5) is 23.4. The quantitative estimate of drug-likeness (QED) is 0.742. The van der Waals surface area contributed by atoms with Crippen LogP contribution in [0.1, 0.15) is 52.4 Å². The van der Waals surface area contributed by atoms with E-state index in [4.69, 9.17) is 4.74 Å². The molecule has 0 bridgehead atoms. The predicted octanol–water partition coefficient (Wildman–Crippen LogP) is 1.95. The first-order valence-electron chi connectivity index (χ1n) is 7.04. The van der Waals surface area contributed by atoms with Crippen LogP contribution in [0.15, 0.2) is 0 Å². The number of hydrogen-bond donors (Lipinski definition) is 2. The number of amides is 1. The molecule has 0 aromatic rings. The van der Waals surface area contributed by atoms with Gasteiger partial charge in [0.1, 0.15) is 0 Å². The molecule has 2 unspecified atom stereocenters. The maximum Gasteiger partial charge on any atom is 0.310 e. The average Bonchev–Trinajstić information content (AvgIpc) is 2.82. The van der Waals surface area contributed by atoms with E-state index < -0.39 is 11.4 Å². The van der Waals surface area contributed by atoms with E-state index in [-0.39, 0.29) is 24.5 Å². The summed E-state index contributed by atoms with van der Waals surface area (Å²) in [6.45, 7) is 3.64. The van der Waals surface area contributed by atoms with Crippen LogP contribution in [0, 0.1) is 5.41 Å². The summed E-state index contributed by atoms with van der Waals surface area (Å²) >= 11 is 0. The summed E-state index contributed by atoms with van der Waals surface area (Å²) < 4.78 is 5.32. The number of rotatable bonds is 7. The van der Waals surface area contributed by atoms with Gasteiger partial charge in [-0.1, -0.05) is 13.8 Å². The zero-order chi connectivity index (χ0) is 14.5. The van der Waals surface area contributed by atoms with E-state index >= 15 is 0 Å². The van der Waals surface area contributed by atoms with Crippen molar-refractivity contribution >= 4 is 11.9 Å². The highest BCUT2D eigenvalue weighted by Crippen LogP contribution is 2.31. The van der Waals surface area contributed by atoms with E-state index in [0.717, 1.165) is 19.3 Å². The average molecular weight is 271 g/mol. The number of aliphatic carboxylic acids is 1. The lowest BCUT2D eigenvalue weighted by Gasteiger charge is -2.27. The Morgan fingerprint density at radius 2 is 1.95 bits per heavy atom. The Balaban J connectivity index is 2.60. The topological polar surface area (TPSA) is 75.6 Å². The van der Waals surface area contributed by atoms with Crippen LogP contribution < -0.4 is 5.32 Å². The first-order chi connectivity index (χ1) is 8.99.